The minimum absolute atomic E-state index is 0.0932. The Bertz CT molecular complexity index is 1820. The molecule has 0 spiro atoms. The van der Waals surface area contributed by atoms with Crippen LogP contribution in [0.3, 0.4) is 0 Å². The van der Waals surface area contributed by atoms with Crippen molar-refractivity contribution in [2.75, 3.05) is 53.0 Å². The van der Waals surface area contributed by atoms with Gasteiger partial charge in [-0.05, 0) is 67.5 Å². The number of aliphatic hydroxyl groups excluding tert-OH is 2. The van der Waals surface area contributed by atoms with Gasteiger partial charge in [0.15, 0.2) is 6.35 Å². The number of benzene rings is 2. The molecule has 330 valence electrons. The molecule has 0 aliphatic carbocycles. The van der Waals surface area contributed by atoms with E-state index in [1.54, 1.807) is 65.1 Å². The second-order valence-electron chi connectivity index (χ2n) is 15.3. The Morgan fingerprint density at radius 1 is 0.950 bits per heavy atom. The smallest absolute Gasteiger partial charge is 0.407 e. The van der Waals surface area contributed by atoms with Gasteiger partial charge in [-0.15, -0.1) is 0 Å². The fraction of sp³-hybridized carbons (Fsp3) is 0.524. The van der Waals surface area contributed by atoms with E-state index in [9.17, 15) is 29.2 Å². The molecule has 5 N–H and O–H groups in total. The number of hydrogen-bond donors (Lipinski definition) is 5. The highest BCUT2D eigenvalue weighted by Crippen LogP contribution is 2.47. The highest BCUT2D eigenvalue weighted by molar-refractivity contribution is 7.53. The van der Waals surface area contributed by atoms with E-state index in [-0.39, 0.29) is 58.2 Å². The van der Waals surface area contributed by atoms with E-state index in [2.05, 4.69) is 21.0 Å². The zero-order valence-electron chi connectivity index (χ0n) is 35.2. The number of hydrazine groups is 1. The van der Waals surface area contributed by atoms with Crippen molar-refractivity contribution in [3.05, 3.63) is 84.1 Å². The molecule has 1 aliphatic heterocycles. The lowest BCUT2D eigenvalue weighted by atomic mass is 9.86. The monoisotopic (exact) mass is 857 g/mol. The van der Waals surface area contributed by atoms with Crippen LogP contribution in [0.15, 0.2) is 72.9 Å². The highest BCUT2D eigenvalue weighted by atomic mass is 31.2. The number of ether oxygens (including phenoxy) is 4. The van der Waals surface area contributed by atoms with Gasteiger partial charge in [-0.2, -0.15) is 0 Å². The van der Waals surface area contributed by atoms with Crippen molar-refractivity contribution in [2.24, 2.45) is 11.3 Å². The van der Waals surface area contributed by atoms with Gasteiger partial charge in [-0.25, -0.2) is 14.6 Å². The summed E-state index contributed by atoms with van der Waals surface area (Å²) in [7, 11) is -2.26. The van der Waals surface area contributed by atoms with Crippen molar-refractivity contribution >= 4 is 25.7 Å². The minimum atomic E-state index is -3.46. The molecule has 5 atom stereocenters. The Morgan fingerprint density at radius 2 is 1.63 bits per heavy atom. The Morgan fingerprint density at radius 3 is 2.23 bits per heavy atom. The summed E-state index contributed by atoms with van der Waals surface area (Å²) in [5.41, 5.74) is 5.30. The summed E-state index contributed by atoms with van der Waals surface area (Å²) in [6, 6.07) is 18.0. The van der Waals surface area contributed by atoms with E-state index >= 15 is 0 Å². The van der Waals surface area contributed by atoms with Crippen LogP contribution in [0, 0.1) is 11.3 Å². The molecule has 60 heavy (non-hydrogen) atoms. The number of rotatable bonds is 22. The number of alkyl carbamates (subject to hydrolysis) is 2. The lowest BCUT2D eigenvalue weighted by Gasteiger charge is -2.34. The summed E-state index contributed by atoms with van der Waals surface area (Å²) in [6.45, 7) is 9.53. The standard InChI is InChI=1S/C42H60N5O12P/c1-7-57-60(53,58-8-2)28-56-33-18-14-29(15-19-33)23-35(44-41(52)59-37-27-55-26-32(37)20-22-48)36(49)25-47(46-39(50)38(42(3,4)5)45-40(51)54-6)24-30-12-16-31(17-13-30)34-11-9-10-21-43-34/h9-19,21,32,35-38,48-49H,7-8,20,22-28H2,1-6H3,(H,44,52)(H,45,51)(H,46,50)/t32-,35?,36+,37?,38-/m1/s1. The number of carbonyl (C=O) groups is 3. The molecule has 1 fully saturated rings. The van der Waals surface area contributed by atoms with Crippen LogP contribution in [0.2, 0.25) is 0 Å². The second kappa shape index (κ2) is 23.4. The molecular weight excluding hydrogens is 797 g/mol. The topological polar surface area (TPSA) is 216 Å². The average Bonchev–Trinajstić information content (AvgIpc) is 3.65. The van der Waals surface area contributed by atoms with Crippen LogP contribution >= 0.6 is 7.60 Å². The number of nitrogens with zero attached hydrogens (tertiary/aromatic N) is 2. The third-order valence-electron chi connectivity index (χ3n) is 9.63. The number of methoxy groups -OCH3 is 1. The zero-order chi connectivity index (χ0) is 43.7. The number of nitrogens with one attached hydrogen (secondary N) is 3. The Hall–Kier alpha value is -4.61. The summed E-state index contributed by atoms with van der Waals surface area (Å²) >= 11 is 0. The van der Waals surface area contributed by atoms with E-state index in [1.807, 2.05) is 42.5 Å². The summed E-state index contributed by atoms with van der Waals surface area (Å²) < 4.78 is 45.3. The highest BCUT2D eigenvalue weighted by Gasteiger charge is 2.36. The molecule has 0 saturated carbocycles. The zero-order valence-corrected chi connectivity index (χ0v) is 36.1. The number of amides is 3. The normalized spacial score (nSPS) is 17.0. The van der Waals surface area contributed by atoms with Crippen LogP contribution in [0.5, 0.6) is 5.75 Å². The Labute approximate surface area is 351 Å². The number of aromatic nitrogens is 1. The van der Waals surface area contributed by atoms with Gasteiger partial charge in [0.1, 0.15) is 17.9 Å². The van der Waals surface area contributed by atoms with Gasteiger partial charge in [0.05, 0.1) is 51.4 Å². The summed E-state index contributed by atoms with van der Waals surface area (Å²) in [5.74, 6) is -0.350. The number of hydrogen-bond acceptors (Lipinski definition) is 14. The molecule has 18 heteroatoms. The van der Waals surface area contributed by atoms with E-state index in [0.717, 1.165) is 16.8 Å². The van der Waals surface area contributed by atoms with Crippen LogP contribution in [-0.2, 0) is 45.6 Å². The van der Waals surface area contributed by atoms with E-state index in [0.29, 0.717) is 24.3 Å². The molecule has 2 unspecified atom stereocenters. The largest absolute Gasteiger partial charge is 0.481 e. The molecule has 2 heterocycles. The van der Waals surface area contributed by atoms with E-state index in [1.165, 1.54) is 12.1 Å². The molecule has 17 nitrogen and oxygen atoms in total. The number of pyridine rings is 1. The van der Waals surface area contributed by atoms with Crippen LogP contribution in [0.4, 0.5) is 9.59 Å². The predicted molar refractivity (Wildman–Crippen MR) is 223 cm³/mol. The third kappa shape index (κ3) is 15.1. The van der Waals surface area contributed by atoms with Crippen LogP contribution in [-0.4, -0.2) is 116 Å². The van der Waals surface area contributed by atoms with Gasteiger partial charge in [0, 0.05) is 37.4 Å². The first-order valence-electron chi connectivity index (χ1n) is 20.0. The predicted octanol–water partition coefficient (Wildman–Crippen LogP) is 5.05. The average molecular weight is 858 g/mol. The van der Waals surface area contributed by atoms with Crippen molar-refractivity contribution in [1.29, 1.82) is 0 Å². The molecule has 0 bridgehead atoms. The molecular formula is C42H60N5O12P. The summed E-state index contributed by atoms with van der Waals surface area (Å²) in [6.07, 6.45) is -1.56. The minimum Gasteiger partial charge on any atom is -0.481 e. The SMILES string of the molecule is CCOP(=O)(COc1ccc(CC(NC(=O)OC2COC[C@H]2CCO)[C@@H](O)CN(Cc2ccc(-c3ccccn3)cc2)NC(=O)[C@@H](NC(=O)OC)C(C)(C)C)cc1)OCC. The van der Waals surface area contributed by atoms with Gasteiger partial charge in [0.2, 0.25) is 0 Å². The molecule has 3 amide bonds. The summed E-state index contributed by atoms with van der Waals surface area (Å²) in [4.78, 5) is 44.1. The van der Waals surface area contributed by atoms with Gasteiger partial charge in [0.25, 0.3) is 5.91 Å². The lowest BCUT2D eigenvalue weighted by Crippen LogP contribution is -2.59. The van der Waals surface area contributed by atoms with Crippen molar-refractivity contribution in [2.45, 2.75) is 78.3 Å². The van der Waals surface area contributed by atoms with Crippen molar-refractivity contribution in [1.82, 2.24) is 26.1 Å². The van der Waals surface area contributed by atoms with Crippen LogP contribution in [0.25, 0.3) is 11.3 Å². The number of carbonyl (C=O) groups excluding carboxylic acids is 3. The van der Waals surface area contributed by atoms with Crippen LogP contribution in [0.1, 0.15) is 52.2 Å². The molecule has 1 aromatic heterocycles. The first-order valence-corrected chi connectivity index (χ1v) is 21.7. The lowest BCUT2D eigenvalue weighted by molar-refractivity contribution is -0.131. The van der Waals surface area contributed by atoms with Gasteiger partial charge >= 0.3 is 19.8 Å². The quantitative estimate of drug-likeness (QED) is 0.0661. The maximum atomic E-state index is 13.9. The molecule has 3 aromatic rings. The maximum absolute atomic E-state index is 13.9. The van der Waals surface area contributed by atoms with Crippen molar-refractivity contribution < 1.29 is 57.2 Å². The molecule has 1 saturated heterocycles. The van der Waals surface area contributed by atoms with Gasteiger partial charge in [-0.1, -0.05) is 63.2 Å². The second-order valence-corrected chi connectivity index (χ2v) is 17.3. The Balaban J connectivity index is 1.60. The van der Waals surface area contributed by atoms with E-state index < -0.39 is 55.4 Å². The first-order chi connectivity index (χ1) is 28.7. The molecule has 4 rings (SSSR count). The first kappa shape index (κ1) is 48.1. The third-order valence-corrected chi connectivity index (χ3v) is 11.4. The fourth-order valence-electron chi connectivity index (χ4n) is 6.49. The molecule has 1 aliphatic rings. The Kier molecular flexibility index (Phi) is 18.7. The van der Waals surface area contributed by atoms with Crippen molar-refractivity contribution in [3.63, 3.8) is 0 Å². The van der Waals surface area contributed by atoms with Gasteiger partial charge < -0.3 is 48.8 Å². The summed E-state index contributed by atoms with van der Waals surface area (Å²) in [5, 5.41) is 28.4. The molecule has 2 aromatic carbocycles. The van der Waals surface area contributed by atoms with Crippen LogP contribution < -0.4 is 20.8 Å². The maximum Gasteiger partial charge on any atom is 0.407 e. The van der Waals surface area contributed by atoms with E-state index in [4.69, 9.17) is 28.0 Å². The van der Waals surface area contributed by atoms with Gasteiger partial charge in [-0.3, -0.25) is 19.8 Å². The van der Waals surface area contributed by atoms with Crippen molar-refractivity contribution in [3.8, 4) is 17.0 Å². The molecule has 0 radical (unpaired) electrons. The number of aliphatic hydroxyl groups is 2. The fourth-order valence-corrected chi connectivity index (χ4v) is 7.81.